The Morgan fingerprint density at radius 3 is 3.09 bits per heavy atom. The molecule has 3 heterocycles. The van der Waals surface area contributed by atoms with E-state index < -0.39 is 23.3 Å². The molecule has 2 fully saturated rings. The van der Waals surface area contributed by atoms with Crippen molar-refractivity contribution in [2.45, 2.75) is 31.0 Å². The summed E-state index contributed by atoms with van der Waals surface area (Å²) in [5.74, 6) is -2.21. The van der Waals surface area contributed by atoms with Crippen molar-refractivity contribution in [3.8, 4) is 0 Å². The molecule has 0 aromatic carbocycles. The van der Waals surface area contributed by atoms with Crippen molar-refractivity contribution in [3.05, 3.63) is 29.6 Å². The third-order valence-electron chi connectivity index (χ3n) is 4.39. The highest BCUT2D eigenvalue weighted by Crippen LogP contribution is 2.36. The maximum absolute atomic E-state index is 13.7. The molecule has 5 nitrogen and oxygen atoms in total. The summed E-state index contributed by atoms with van der Waals surface area (Å²) in [6.45, 7) is 1.37. The highest BCUT2D eigenvalue weighted by Gasteiger charge is 2.45. The summed E-state index contributed by atoms with van der Waals surface area (Å²) in [6, 6.07) is 0.840. The fourth-order valence-electron chi connectivity index (χ4n) is 3.26. The van der Waals surface area contributed by atoms with Crippen LogP contribution >= 0.6 is 0 Å². The second kappa shape index (κ2) is 5.89. The standard InChI is InChI=1S/C15H18F2N2O3/c1-21-10-6-15(22-8-10)3-2-4-19(9-15)14(20)11-5-13(17)18-7-12(11)16/h5,7,10H,2-4,6,8-9H2,1H3/t10-,15-/m1/s1. The SMILES string of the molecule is CO[C@H]1CO[C@]2(CCCN(C(=O)c3cc(F)ncc3F)C2)C1. The van der Waals surface area contributed by atoms with E-state index in [0.29, 0.717) is 26.1 Å². The minimum atomic E-state index is -0.868. The first-order valence-electron chi connectivity index (χ1n) is 7.30. The number of pyridine rings is 1. The van der Waals surface area contributed by atoms with Gasteiger partial charge in [-0.25, -0.2) is 9.37 Å². The second-order valence-electron chi connectivity index (χ2n) is 5.87. The molecular weight excluding hydrogens is 294 g/mol. The van der Waals surface area contributed by atoms with Crippen molar-refractivity contribution in [2.75, 3.05) is 26.8 Å². The van der Waals surface area contributed by atoms with Gasteiger partial charge in [0.1, 0.15) is 0 Å². The molecule has 2 atom stereocenters. The lowest BCUT2D eigenvalue weighted by molar-refractivity contribution is -0.0459. The Morgan fingerprint density at radius 1 is 1.55 bits per heavy atom. The van der Waals surface area contributed by atoms with Crippen LogP contribution in [0.5, 0.6) is 0 Å². The van der Waals surface area contributed by atoms with Crippen LogP contribution < -0.4 is 0 Å². The molecule has 22 heavy (non-hydrogen) atoms. The Kier molecular flexibility index (Phi) is 4.10. The largest absolute Gasteiger partial charge is 0.379 e. The number of methoxy groups -OCH3 is 1. The van der Waals surface area contributed by atoms with Crippen molar-refractivity contribution < 1.29 is 23.0 Å². The van der Waals surface area contributed by atoms with E-state index in [-0.39, 0.29) is 11.7 Å². The maximum Gasteiger partial charge on any atom is 0.257 e. The van der Waals surface area contributed by atoms with Crippen LogP contribution in [0.1, 0.15) is 29.6 Å². The summed E-state index contributed by atoms with van der Waals surface area (Å²) in [5, 5.41) is 0. The number of halogens is 2. The summed E-state index contributed by atoms with van der Waals surface area (Å²) < 4.78 is 38.1. The Labute approximate surface area is 127 Å². The van der Waals surface area contributed by atoms with Crippen molar-refractivity contribution in [1.29, 1.82) is 0 Å². The van der Waals surface area contributed by atoms with E-state index in [2.05, 4.69) is 4.98 Å². The first kappa shape index (κ1) is 15.3. The highest BCUT2D eigenvalue weighted by atomic mass is 19.1. The molecule has 2 saturated heterocycles. The zero-order chi connectivity index (χ0) is 15.7. The number of carbonyl (C=O) groups is 1. The van der Waals surface area contributed by atoms with Crippen LogP contribution in [0.2, 0.25) is 0 Å². The average molecular weight is 312 g/mol. The minimum Gasteiger partial charge on any atom is -0.379 e. The number of hydrogen-bond acceptors (Lipinski definition) is 4. The van der Waals surface area contributed by atoms with Gasteiger partial charge < -0.3 is 14.4 Å². The Balaban J connectivity index is 1.77. The van der Waals surface area contributed by atoms with Crippen molar-refractivity contribution in [1.82, 2.24) is 9.88 Å². The van der Waals surface area contributed by atoms with Gasteiger partial charge in [-0.15, -0.1) is 0 Å². The van der Waals surface area contributed by atoms with E-state index in [4.69, 9.17) is 9.47 Å². The molecule has 7 heteroatoms. The summed E-state index contributed by atoms with van der Waals surface area (Å²) in [5.41, 5.74) is -0.720. The smallest absolute Gasteiger partial charge is 0.257 e. The molecule has 1 aromatic heterocycles. The fourth-order valence-corrected chi connectivity index (χ4v) is 3.26. The van der Waals surface area contributed by atoms with E-state index >= 15 is 0 Å². The monoisotopic (exact) mass is 312 g/mol. The Hall–Kier alpha value is -1.60. The third kappa shape index (κ3) is 2.83. The van der Waals surface area contributed by atoms with Crippen LogP contribution in [-0.2, 0) is 9.47 Å². The zero-order valence-corrected chi connectivity index (χ0v) is 12.3. The van der Waals surface area contributed by atoms with Gasteiger partial charge in [0.05, 0.1) is 36.6 Å². The van der Waals surface area contributed by atoms with Gasteiger partial charge in [0, 0.05) is 26.1 Å². The summed E-state index contributed by atoms with van der Waals surface area (Å²) in [7, 11) is 1.63. The number of likely N-dealkylation sites (tertiary alicyclic amines) is 1. The van der Waals surface area contributed by atoms with Gasteiger partial charge in [0.2, 0.25) is 5.95 Å². The van der Waals surface area contributed by atoms with Gasteiger partial charge in [-0.1, -0.05) is 0 Å². The summed E-state index contributed by atoms with van der Waals surface area (Å²) in [6.07, 6.45) is 3.06. The fraction of sp³-hybridized carbons (Fsp3) is 0.600. The highest BCUT2D eigenvalue weighted by molar-refractivity contribution is 5.94. The number of hydrogen-bond donors (Lipinski definition) is 0. The number of carbonyl (C=O) groups excluding carboxylic acids is 1. The summed E-state index contributed by atoms with van der Waals surface area (Å²) >= 11 is 0. The normalized spacial score (nSPS) is 28.3. The molecule has 2 aliphatic heterocycles. The molecule has 0 unspecified atom stereocenters. The van der Waals surface area contributed by atoms with Crippen LogP contribution in [0, 0.1) is 11.8 Å². The first-order valence-corrected chi connectivity index (χ1v) is 7.30. The first-order chi connectivity index (χ1) is 10.5. The van der Waals surface area contributed by atoms with Crippen LogP contribution in [0.4, 0.5) is 8.78 Å². The molecule has 1 amide bonds. The summed E-state index contributed by atoms with van der Waals surface area (Å²) in [4.78, 5) is 17.2. The number of ether oxygens (including phenoxy) is 2. The Bertz CT molecular complexity index is 584. The lowest BCUT2D eigenvalue weighted by atomic mass is 9.89. The van der Waals surface area contributed by atoms with Crippen LogP contribution in [-0.4, -0.2) is 54.3 Å². The Morgan fingerprint density at radius 2 is 2.36 bits per heavy atom. The predicted octanol–water partition coefficient (Wildman–Crippen LogP) is 1.77. The topological polar surface area (TPSA) is 51.7 Å². The van der Waals surface area contributed by atoms with Crippen molar-refractivity contribution >= 4 is 5.91 Å². The number of nitrogens with zero attached hydrogens (tertiary/aromatic N) is 2. The van der Waals surface area contributed by atoms with E-state index in [1.807, 2.05) is 0 Å². The maximum atomic E-state index is 13.7. The number of rotatable bonds is 2. The lowest BCUT2D eigenvalue weighted by Gasteiger charge is -2.39. The number of aromatic nitrogens is 1. The molecule has 120 valence electrons. The van der Waals surface area contributed by atoms with E-state index in [0.717, 1.165) is 25.1 Å². The minimum absolute atomic E-state index is 0.0187. The number of amides is 1. The van der Waals surface area contributed by atoms with E-state index in [9.17, 15) is 13.6 Å². The molecule has 0 radical (unpaired) electrons. The third-order valence-corrected chi connectivity index (χ3v) is 4.39. The van der Waals surface area contributed by atoms with Crippen molar-refractivity contribution in [2.24, 2.45) is 0 Å². The van der Waals surface area contributed by atoms with Crippen LogP contribution in [0.15, 0.2) is 12.3 Å². The van der Waals surface area contributed by atoms with Gasteiger partial charge in [-0.3, -0.25) is 4.79 Å². The van der Waals surface area contributed by atoms with Crippen LogP contribution in [0.3, 0.4) is 0 Å². The molecule has 2 aliphatic rings. The molecule has 1 aromatic rings. The van der Waals surface area contributed by atoms with E-state index in [1.54, 1.807) is 7.11 Å². The van der Waals surface area contributed by atoms with Crippen LogP contribution in [0.25, 0.3) is 0 Å². The second-order valence-corrected chi connectivity index (χ2v) is 5.87. The molecule has 0 saturated carbocycles. The molecule has 1 spiro atoms. The molecular formula is C15H18F2N2O3. The van der Waals surface area contributed by atoms with Gasteiger partial charge in [0.25, 0.3) is 5.91 Å². The quantitative estimate of drug-likeness (QED) is 0.781. The van der Waals surface area contributed by atoms with Gasteiger partial charge in [-0.05, 0) is 12.8 Å². The van der Waals surface area contributed by atoms with Crippen molar-refractivity contribution in [3.63, 3.8) is 0 Å². The van der Waals surface area contributed by atoms with E-state index in [1.165, 1.54) is 4.90 Å². The van der Waals surface area contributed by atoms with Gasteiger partial charge in [-0.2, -0.15) is 4.39 Å². The number of piperidine rings is 1. The lowest BCUT2D eigenvalue weighted by Crippen LogP contribution is -2.50. The molecule has 0 N–H and O–H groups in total. The zero-order valence-electron chi connectivity index (χ0n) is 12.3. The molecule has 3 rings (SSSR count). The van der Waals surface area contributed by atoms with Gasteiger partial charge >= 0.3 is 0 Å². The van der Waals surface area contributed by atoms with Gasteiger partial charge in [0.15, 0.2) is 5.82 Å². The predicted molar refractivity (Wildman–Crippen MR) is 73.4 cm³/mol. The molecule has 0 bridgehead atoms. The average Bonchev–Trinajstić information content (AvgIpc) is 2.91. The molecule has 0 aliphatic carbocycles.